The minimum Gasteiger partial charge on any atom is -0.322 e. The molecule has 3 amide bonds. The van der Waals surface area contributed by atoms with Crippen molar-refractivity contribution in [3.05, 3.63) is 130 Å². The van der Waals surface area contributed by atoms with E-state index in [0.29, 0.717) is 16.9 Å². The fraction of sp³-hybridized carbons (Fsp3) is 0.206. The van der Waals surface area contributed by atoms with E-state index >= 15 is 0 Å². The molecule has 3 aliphatic carbocycles. The molecule has 0 spiro atoms. The number of rotatable bonds is 3. The van der Waals surface area contributed by atoms with Gasteiger partial charge in [-0.1, -0.05) is 66.7 Å². The van der Waals surface area contributed by atoms with Crippen LogP contribution in [0.3, 0.4) is 0 Å². The van der Waals surface area contributed by atoms with Crippen molar-refractivity contribution in [2.24, 2.45) is 11.3 Å². The molecule has 4 aliphatic rings. The van der Waals surface area contributed by atoms with E-state index in [0.717, 1.165) is 33.4 Å². The molecular weight excluding hydrogens is 484 g/mol. The van der Waals surface area contributed by atoms with Crippen molar-refractivity contribution in [1.29, 1.82) is 0 Å². The van der Waals surface area contributed by atoms with E-state index in [2.05, 4.69) is 29.6 Å². The Bertz CT molecular complexity index is 1680. The van der Waals surface area contributed by atoms with E-state index in [-0.39, 0.29) is 29.6 Å². The summed E-state index contributed by atoms with van der Waals surface area (Å²) in [5, 5.41) is 2.96. The summed E-state index contributed by atoms with van der Waals surface area (Å²) in [6, 6.07) is 29.0. The van der Waals surface area contributed by atoms with Gasteiger partial charge in [0.25, 0.3) is 5.91 Å². The number of anilines is 2. The number of imide groups is 1. The standard InChI is InChI=1S/C34H28N2O3/c1-19-16-17-21(18-20(19)2)35-31(37)26-14-8-9-15-27(26)36-32(38)30-28-22-10-4-6-12-24(22)29(34(30,3)33(36)39)25-13-7-5-11-23(25)28/h4-18,28-30H,1-3H3,(H,35,37)/t28?,29?,30-,34-/m0/s1. The van der Waals surface area contributed by atoms with Gasteiger partial charge in [0.2, 0.25) is 11.8 Å². The fourth-order valence-corrected chi connectivity index (χ4v) is 7.22. The molecule has 5 heteroatoms. The molecule has 5 nitrogen and oxygen atoms in total. The Hall–Kier alpha value is -4.51. The molecule has 0 radical (unpaired) electrons. The summed E-state index contributed by atoms with van der Waals surface area (Å²) in [7, 11) is 0. The highest BCUT2D eigenvalue weighted by molar-refractivity contribution is 6.27. The van der Waals surface area contributed by atoms with Gasteiger partial charge in [-0.05, 0) is 78.4 Å². The first-order valence-corrected chi connectivity index (χ1v) is 13.4. The van der Waals surface area contributed by atoms with Crippen LogP contribution in [0.15, 0.2) is 91.0 Å². The van der Waals surface area contributed by atoms with Gasteiger partial charge >= 0.3 is 0 Å². The van der Waals surface area contributed by atoms with E-state index in [1.165, 1.54) is 4.90 Å². The number of benzene rings is 4. The van der Waals surface area contributed by atoms with Crippen molar-refractivity contribution in [3.8, 4) is 0 Å². The van der Waals surface area contributed by atoms with Crippen LogP contribution in [0.5, 0.6) is 0 Å². The first-order chi connectivity index (χ1) is 18.8. The Kier molecular flexibility index (Phi) is 4.99. The molecule has 1 heterocycles. The average molecular weight is 513 g/mol. The van der Waals surface area contributed by atoms with Gasteiger partial charge in [0.05, 0.1) is 22.6 Å². The van der Waals surface area contributed by atoms with Gasteiger partial charge in [-0.25, -0.2) is 4.90 Å². The number of hydrogen-bond donors (Lipinski definition) is 1. The van der Waals surface area contributed by atoms with Crippen molar-refractivity contribution in [2.45, 2.75) is 32.6 Å². The second-order valence-electron chi connectivity index (χ2n) is 11.2. The number of amides is 3. The second kappa shape index (κ2) is 8.24. The van der Waals surface area contributed by atoms with E-state index < -0.39 is 11.3 Å². The molecule has 2 atom stereocenters. The smallest absolute Gasteiger partial charge is 0.257 e. The Balaban J connectivity index is 1.34. The Morgan fingerprint density at radius 2 is 1.36 bits per heavy atom. The van der Waals surface area contributed by atoms with Gasteiger partial charge in [0.1, 0.15) is 0 Å². The van der Waals surface area contributed by atoms with Crippen LogP contribution in [-0.2, 0) is 9.59 Å². The molecule has 4 aromatic rings. The molecule has 1 saturated heterocycles. The third-order valence-electron chi connectivity index (χ3n) is 9.17. The number of nitrogens with zero attached hydrogens (tertiary/aromatic N) is 1. The van der Waals surface area contributed by atoms with Crippen molar-refractivity contribution < 1.29 is 14.4 Å². The summed E-state index contributed by atoms with van der Waals surface area (Å²) in [6.45, 7) is 5.96. The Labute approximate surface area is 227 Å². The van der Waals surface area contributed by atoms with Gasteiger partial charge in [-0.2, -0.15) is 0 Å². The zero-order chi connectivity index (χ0) is 27.1. The number of hydrogen-bond acceptors (Lipinski definition) is 3. The van der Waals surface area contributed by atoms with Crippen LogP contribution in [0.25, 0.3) is 0 Å². The predicted octanol–water partition coefficient (Wildman–Crippen LogP) is 6.34. The predicted molar refractivity (Wildman–Crippen MR) is 151 cm³/mol. The number of carbonyl (C=O) groups excluding carboxylic acids is 3. The summed E-state index contributed by atoms with van der Waals surface area (Å²) in [4.78, 5) is 43.6. The minimum absolute atomic E-state index is 0.217. The van der Waals surface area contributed by atoms with Gasteiger partial charge in [0, 0.05) is 17.5 Å². The van der Waals surface area contributed by atoms with Gasteiger partial charge in [-0.15, -0.1) is 0 Å². The van der Waals surface area contributed by atoms with Crippen molar-refractivity contribution in [3.63, 3.8) is 0 Å². The van der Waals surface area contributed by atoms with Crippen LogP contribution in [0.1, 0.15) is 62.5 Å². The molecule has 1 fully saturated rings. The van der Waals surface area contributed by atoms with Crippen LogP contribution in [0.2, 0.25) is 0 Å². The lowest BCUT2D eigenvalue weighted by molar-refractivity contribution is -0.128. The number of nitrogens with one attached hydrogen (secondary N) is 1. The quantitative estimate of drug-likeness (QED) is 0.326. The van der Waals surface area contributed by atoms with Crippen molar-refractivity contribution in [1.82, 2.24) is 0 Å². The molecule has 0 unspecified atom stereocenters. The molecule has 1 aliphatic heterocycles. The number of carbonyl (C=O) groups is 3. The largest absolute Gasteiger partial charge is 0.322 e. The van der Waals surface area contributed by atoms with Crippen LogP contribution < -0.4 is 10.2 Å². The SMILES string of the molecule is Cc1ccc(NC(=O)c2ccccc2N2C(=O)[C@@H]3C4c5ccccc5C(c5ccccc54)[C@]3(C)C2=O)cc1C. The topological polar surface area (TPSA) is 66.5 Å². The van der Waals surface area contributed by atoms with Crippen molar-refractivity contribution >= 4 is 29.1 Å². The van der Waals surface area contributed by atoms with Crippen LogP contribution >= 0.6 is 0 Å². The first-order valence-electron chi connectivity index (χ1n) is 13.4. The minimum atomic E-state index is -0.956. The molecule has 2 bridgehead atoms. The lowest BCUT2D eigenvalue weighted by Crippen LogP contribution is -2.49. The Morgan fingerprint density at radius 1 is 0.769 bits per heavy atom. The average Bonchev–Trinajstić information content (AvgIpc) is 3.15. The highest BCUT2D eigenvalue weighted by Crippen LogP contribution is 2.67. The second-order valence-corrected chi connectivity index (χ2v) is 11.2. The number of aryl methyl sites for hydroxylation is 2. The van der Waals surface area contributed by atoms with Crippen molar-refractivity contribution in [2.75, 3.05) is 10.2 Å². The summed E-state index contributed by atoms with van der Waals surface area (Å²) >= 11 is 0. The Morgan fingerprint density at radius 3 is 2.00 bits per heavy atom. The maximum absolute atomic E-state index is 14.5. The summed E-state index contributed by atoms with van der Waals surface area (Å²) < 4.78 is 0. The van der Waals surface area contributed by atoms with Crippen LogP contribution in [0.4, 0.5) is 11.4 Å². The highest BCUT2D eigenvalue weighted by Gasteiger charge is 2.69. The molecule has 8 rings (SSSR count). The zero-order valence-corrected chi connectivity index (χ0v) is 22.1. The van der Waals surface area contributed by atoms with E-state index in [9.17, 15) is 14.4 Å². The van der Waals surface area contributed by atoms with E-state index in [1.807, 2.05) is 63.2 Å². The van der Waals surface area contributed by atoms with E-state index in [1.54, 1.807) is 24.3 Å². The molecule has 1 N–H and O–H groups in total. The third-order valence-corrected chi connectivity index (χ3v) is 9.17. The number of para-hydroxylation sites is 1. The lowest BCUT2D eigenvalue weighted by atomic mass is 9.48. The van der Waals surface area contributed by atoms with Gasteiger partial charge < -0.3 is 5.32 Å². The third kappa shape index (κ3) is 3.10. The van der Waals surface area contributed by atoms with Gasteiger partial charge in [-0.3, -0.25) is 14.4 Å². The molecule has 39 heavy (non-hydrogen) atoms. The van der Waals surface area contributed by atoms with Gasteiger partial charge in [0.15, 0.2) is 0 Å². The summed E-state index contributed by atoms with van der Waals surface area (Å²) in [5.74, 6) is -1.85. The summed E-state index contributed by atoms with van der Waals surface area (Å²) in [6.07, 6.45) is 0. The fourth-order valence-electron chi connectivity index (χ4n) is 7.22. The zero-order valence-electron chi connectivity index (χ0n) is 22.1. The summed E-state index contributed by atoms with van der Waals surface area (Å²) in [5.41, 5.74) is 7.00. The monoisotopic (exact) mass is 512 g/mol. The molecular formula is C34H28N2O3. The maximum atomic E-state index is 14.5. The highest BCUT2D eigenvalue weighted by atomic mass is 16.2. The lowest BCUT2D eigenvalue weighted by Gasteiger charge is -2.51. The normalized spacial score (nSPS) is 24.3. The maximum Gasteiger partial charge on any atom is 0.257 e. The van der Waals surface area contributed by atoms with Crippen LogP contribution in [-0.4, -0.2) is 17.7 Å². The van der Waals surface area contributed by atoms with Crippen LogP contribution in [0, 0.1) is 25.2 Å². The molecule has 192 valence electrons. The molecule has 0 aromatic heterocycles. The molecule has 0 saturated carbocycles. The van der Waals surface area contributed by atoms with E-state index in [4.69, 9.17) is 0 Å². The first kappa shape index (κ1) is 23.6. The molecule has 4 aromatic carbocycles.